The van der Waals surface area contributed by atoms with Gasteiger partial charge < -0.3 is 10.5 Å². The fourth-order valence-corrected chi connectivity index (χ4v) is 1.84. The van der Waals surface area contributed by atoms with E-state index in [0.29, 0.717) is 17.3 Å². The number of aryl methyl sites for hydroxylation is 1. The SMILES string of the molecule is Cc1ccccc1Oc1ccc2ccc(N)nc2n1. The monoisotopic (exact) mass is 251 g/mol. The zero-order chi connectivity index (χ0) is 13.2. The molecule has 0 saturated carbocycles. The van der Waals surface area contributed by atoms with E-state index in [-0.39, 0.29) is 0 Å². The van der Waals surface area contributed by atoms with Crippen molar-refractivity contribution < 1.29 is 4.74 Å². The van der Waals surface area contributed by atoms with Crippen LogP contribution in [0.1, 0.15) is 5.56 Å². The Balaban J connectivity index is 2.00. The normalized spacial score (nSPS) is 10.6. The van der Waals surface area contributed by atoms with E-state index in [1.165, 1.54) is 0 Å². The number of fused-ring (bicyclic) bond motifs is 1. The zero-order valence-electron chi connectivity index (χ0n) is 10.5. The summed E-state index contributed by atoms with van der Waals surface area (Å²) in [7, 11) is 0. The van der Waals surface area contributed by atoms with Gasteiger partial charge >= 0.3 is 0 Å². The largest absolute Gasteiger partial charge is 0.439 e. The number of anilines is 1. The lowest BCUT2D eigenvalue weighted by molar-refractivity contribution is 0.461. The van der Waals surface area contributed by atoms with Crippen molar-refractivity contribution in [3.63, 3.8) is 0 Å². The van der Waals surface area contributed by atoms with E-state index in [1.807, 2.05) is 49.4 Å². The van der Waals surface area contributed by atoms with Gasteiger partial charge in [-0.3, -0.25) is 0 Å². The molecular weight excluding hydrogens is 238 g/mol. The van der Waals surface area contributed by atoms with Crippen molar-refractivity contribution in [2.45, 2.75) is 6.92 Å². The van der Waals surface area contributed by atoms with E-state index >= 15 is 0 Å². The standard InChI is InChI=1S/C15H13N3O/c1-10-4-2-3-5-12(10)19-14-9-7-11-6-8-13(16)17-15(11)18-14/h2-9H,1H3,(H2,16,17,18). The van der Waals surface area contributed by atoms with Gasteiger partial charge in [0.25, 0.3) is 0 Å². The Labute approximate surface area is 110 Å². The van der Waals surface area contributed by atoms with E-state index in [4.69, 9.17) is 10.5 Å². The Hall–Kier alpha value is -2.62. The minimum absolute atomic E-state index is 0.452. The number of rotatable bonds is 2. The van der Waals surface area contributed by atoms with Crippen LogP contribution < -0.4 is 10.5 Å². The highest BCUT2D eigenvalue weighted by atomic mass is 16.5. The van der Waals surface area contributed by atoms with Gasteiger partial charge in [0, 0.05) is 11.5 Å². The molecule has 0 aliphatic rings. The molecule has 0 unspecified atom stereocenters. The van der Waals surface area contributed by atoms with Crippen molar-refractivity contribution in [1.29, 1.82) is 0 Å². The summed E-state index contributed by atoms with van der Waals surface area (Å²) >= 11 is 0. The molecule has 94 valence electrons. The third-order valence-corrected chi connectivity index (χ3v) is 2.86. The maximum atomic E-state index is 5.77. The Bertz CT molecular complexity index is 740. The first kappa shape index (κ1) is 11.5. The van der Waals surface area contributed by atoms with E-state index in [9.17, 15) is 0 Å². The van der Waals surface area contributed by atoms with E-state index in [1.54, 1.807) is 6.07 Å². The average molecular weight is 251 g/mol. The van der Waals surface area contributed by atoms with Crippen molar-refractivity contribution in [1.82, 2.24) is 9.97 Å². The number of nitrogens with two attached hydrogens (primary N) is 1. The topological polar surface area (TPSA) is 61.0 Å². The van der Waals surface area contributed by atoms with E-state index in [2.05, 4.69) is 9.97 Å². The van der Waals surface area contributed by atoms with E-state index < -0.39 is 0 Å². The predicted molar refractivity (Wildman–Crippen MR) is 75.2 cm³/mol. The molecule has 3 aromatic rings. The highest BCUT2D eigenvalue weighted by molar-refractivity contribution is 5.76. The van der Waals surface area contributed by atoms with Crippen LogP contribution in [0.25, 0.3) is 11.0 Å². The first-order chi connectivity index (χ1) is 9.22. The molecular formula is C15H13N3O. The molecule has 4 nitrogen and oxygen atoms in total. The number of nitrogen functional groups attached to an aromatic ring is 1. The average Bonchev–Trinajstić information content (AvgIpc) is 2.41. The number of nitrogens with zero attached hydrogens (tertiary/aromatic N) is 2. The molecule has 0 aliphatic carbocycles. The molecule has 0 bridgehead atoms. The van der Waals surface area contributed by atoms with Gasteiger partial charge in [0.05, 0.1) is 0 Å². The van der Waals surface area contributed by atoms with Crippen LogP contribution in [0, 0.1) is 6.92 Å². The number of aromatic nitrogens is 2. The van der Waals surface area contributed by atoms with Gasteiger partial charge in [-0.05, 0) is 36.8 Å². The number of ether oxygens (including phenoxy) is 1. The molecule has 2 heterocycles. The van der Waals surface area contributed by atoms with Crippen molar-refractivity contribution in [2.24, 2.45) is 0 Å². The number of benzene rings is 1. The molecule has 0 atom stereocenters. The van der Waals surface area contributed by atoms with Crippen LogP contribution in [0.3, 0.4) is 0 Å². The Morgan fingerprint density at radius 1 is 0.947 bits per heavy atom. The van der Waals surface area contributed by atoms with Crippen LogP contribution in [0.5, 0.6) is 11.6 Å². The molecule has 0 fully saturated rings. The molecule has 2 N–H and O–H groups in total. The first-order valence-corrected chi connectivity index (χ1v) is 5.99. The third-order valence-electron chi connectivity index (χ3n) is 2.86. The predicted octanol–water partition coefficient (Wildman–Crippen LogP) is 3.31. The summed E-state index contributed by atoms with van der Waals surface area (Å²) < 4.78 is 5.77. The second kappa shape index (κ2) is 4.57. The fraction of sp³-hybridized carbons (Fsp3) is 0.0667. The lowest BCUT2D eigenvalue weighted by atomic mass is 10.2. The maximum Gasteiger partial charge on any atom is 0.221 e. The van der Waals surface area contributed by atoms with Crippen LogP contribution in [0.4, 0.5) is 5.82 Å². The summed E-state index contributed by atoms with van der Waals surface area (Å²) in [5.74, 6) is 1.76. The van der Waals surface area contributed by atoms with Gasteiger partial charge in [-0.2, -0.15) is 4.98 Å². The van der Waals surface area contributed by atoms with E-state index in [0.717, 1.165) is 16.7 Å². The molecule has 2 aromatic heterocycles. The lowest BCUT2D eigenvalue weighted by Crippen LogP contribution is -1.94. The first-order valence-electron chi connectivity index (χ1n) is 5.99. The van der Waals surface area contributed by atoms with Gasteiger partial charge in [-0.1, -0.05) is 18.2 Å². The number of hydrogen-bond acceptors (Lipinski definition) is 4. The minimum Gasteiger partial charge on any atom is -0.439 e. The van der Waals surface area contributed by atoms with Crippen LogP contribution >= 0.6 is 0 Å². The van der Waals surface area contributed by atoms with Crippen molar-refractivity contribution in [2.75, 3.05) is 5.73 Å². The van der Waals surface area contributed by atoms with Gasteiger partial charge in [-0.15, -0.1) is 0 Å². The summed E-state index contributed by atoms with van der Waals surface area (Å²) in [4.78, 5) is 8.55. The van der Waals surface area contributed by atoms with Crippen molar-refractivity contribution >= 4 is 16.9 Å². The molecule has 0 aliphatic heterocycles. The van der Waals surface area contributed by atoms with Crippen LogP contribution in [0.2, 0.25) is 0 Å². The fourth-order valence-electron chi connectivity index (χ4n) is 1.84. The lowest BCUT2D eigenvalue weighted by Gasteiger charge is -2.07. The second-order valence-corrected chi connectivity index (χ2v) is 4.30. The van der Waals surface area contributed by atoms with Crippen molar-refractivity contribution in [3.05, 3.63) is 54.1 Å². The summed E-state index contributed by atoms with van der Waals surface area (Å²) in [6.45, 7) is 1.99. The molecule has 0 saturated heterocycles. The number of hydrogen-bond donors (Lipinski definition) is 1. The maximum absolute atomic E-state index is 5.77. The summed E-state index contributed by atoms with van der Waals surface area (Å²) in [5.41, 5.74) is 7.31. The molecule has 0 spiro atoms. The second-order valence-electron chi connectivity index (χ2n) is 4.30. The Morgan fingerprint density at radius 2 is 1.74 bits per heavy atom. The number of para-hydroxylation sites is 1. The van der Waals surface area contributed by atoms with Gasteiger partial charge in [0.1, 0.15) is 11.6 Å². The molecule has 19 heavy (non-hydrogen) atoms. The highest BCUT2D eigenvalue weighted by Crippen LogP contribution is 2.24. The molecule has 0 radical (unpaired) electrons. The smallest absolute Gasteiger partial charge is 0.221 e. The Morgan fingerprint density at radius 3 is 2.58 bits per heavy atom. The summed E-state index contributed by atoms with van der Waals surface area (Å²) in [6.07, 6.45) is 0. The molecule has 3 rings (SSSR count). The highest BCUT2D eigenvalue weighted by Gasteiger charge is 2.04. The zero-order valence-corrected chi connectivity index (χ0v) is 10.5. The quantitative estimate of drug-likeness (QED) is 0.759. The molecule has 1 aromatic carbocycles. The number of pyridine rings is 2. The van der Waals surface area contributed by atoms with Gasteiger partial charge in [0.15, 0.2) is 5.65 Å². The van der Waals surface area contributed by atoms with Crippen LogP contribution in [0.15, 0.2) is 48.5 Å². The molecule has 0 amide bonds. The Kier molecular flexibility index (Phi) is 2.76. The minimum atomic E-state index is 0.452. The molecule has 4 heteroatoms. The third kappa shape index (κ3) is 2.33. The summed E-state index contributed by atoms with van der Waals surface area (Å²) in [6, 6.07) is 15.2. The van der Waals surface area contributed by atoms with Gasteiger partial charge in [0.2, 0.25) is 5.88 Å². The van der Waals surface area contributed by atoms with Crippen LogP contribution in [-0.4, -0.2) is 9.97 Å². The summed E-state index contributed by atoms with van der Waals surface area (Å²) in [5, 5.41) is 0.936. The van der Waals surface area contributed by atoms with Gasteiger partial charge in [-0.25, -0.2) is 4.98 Å². The van der Waals surface area contributed by atoms with Crippen LogP contribution in [-0.2, 0) is 0 Å². The van der Waals surface area contributed by atoms with Crippen molar-refractivity contribution in [3.8, 4) is 11.6 Å².